The van der Waals surface area contributed by atoms with Gasteiger partial charge in [-0.25, -0.2) is 0 Å². The Kier molecular flexibility index (Phi) is 4.50. The number of ether oxygens (including phenoxy) is 2. The van der Waals surface area contributed by atoms with E-state index in [1.807, 2.05) is 30.3 Å². The molecule has 3 aromatic rings. The SMILES string of the molecule is COc1cccc(C(=O)N2CC(c3nc(-c4ccccc4)no3)C2)c1OC. The number of carbonyl (C=O) groups is 1. The Labute approximate surface area is 156 Å². The summed E-state index contributed by atoms with van der Waals surface area (Å²) in [5.41, 5.74) is 1.38. The van der Waals surface area contributed by atoms with Crippen molar-refractivity contribution < 1.29 is 18.8 Å². The van der Waals surface area contributed by atoms with Crippen molar-refractivity contribution in [1.29, 1.82) is 0 Å². The molecule has 1 aliphatic rings. The van der Waals surface area contributed by atoms with Crippen molar-refractivity contribution in [2.45, 2.75) is 5.92 Å². The maximum absolute atomic E-state index is 12.8. The predicted octanol–water partition coefficient (Wildman–Crippen LogP) is 2.99. The Balaban J connectivity index is 1.46. The number of rotatable bonds is 5. The molecule has 1 amide bonds. The Bertz CT molecular complexity index is 949. The molecule has 138 valence electrons. The van der Waals surface area contributed by atoms with Crippen LogP contribution in [-0.4, -0.2) is 48.3 Å². The second-order valence-electron chi connectivity index (χ2n) is 6.27. The second-order valence-corrected chi connectivity index (χ2v) is 6.27. The van der Waals surface area contributed by atoms with Crippen LogP contribution in [0, 0.1) is 0 Å². The molecule has 0 spiro atoms. The molecule has 1 aromatic heterocycles. The van der Waals surface area contributed by atoms with Crippen molar-refractivity contribution in [1.82, 2.24) is 15.0 Å². The third-order valence-corrected chi connectivity index (χ3v) is 4.63. The van der Waals surface area contributed by atoms with Gasteiger partial charge < -0.3 is 18.9 Å². The zero-order chi connectivity index (χ0) is 18.8. The lowest BCUT2D eigenvalue weighted by Crippen LogP contribution is -2.48. The van der Waals surface area contributed by atoms with Gasteiger partial charge >= 0.3 is 0 Å². The summed E-state index contributed by atoms with van der Waals surface area (Å²) in [6.07, 6.45) is 0. The van der Waals surface area contributed by atoms with Gasteiger partial charge in [0.2, 0.25) is 11.7 Å². The molecule has 2 heterocycles. The van der Waals surface area contributed by atoms with E-state index in [1.54, 1.807) is 30.2 Å². The summed E-state index contributed by atoms with van der Waals surface area (Å²) >= 11 is 0. The van der Waals surface area contributed by atoms with Gasteiger partial charge in [0.25, 0.3) is 5.91 Å². The standard InChI is InChI=1S/C20H19N3O4/c1-25-16-10-6-9-15(17(16)26-2)20(24)23-11-14(12-23)19-21-18(22-27-19)13-7-4-3-5-8-13/h3-10,14H,11-12H2,1-2H3. The highest BCUT2D eigenvalue weighted by atomic mass is 16.5. The van der Waals surface area contributed by atoms with Gasteiger partial charge in [0.15, 0.2) is 11.5 Å². The number of nitrogens with zero attached hydrogens (tertiary/aromatic N) is 3. The fraction of sp³-hybridized carbons (Fsp3) is 0.250. The molecular formula is C20H19N3O4. The molecule has 1 saturated heterocycles. The van der Waals surface area contributed by atoms with Crippen LogP contribution in [0.25, 0.3) is 11.4 Å². The van der Waals surface area contributed by atoms with E-state index in [1.165, 1.54) is 7.11 Å². The number of para-hydroxylation sites is 1. The second kappa shape index (κ2) is 7.11. The molecule has 0 atom stereocenters. The van der Waals surface area contributed by atoms with Gasteiger partial charge in [0.05, 0.1) is 25.7 Å². The van der Waals surface area contributed by atoms with Gasteiger partial charge in [0.1, 0.15) is 0 Å². The first kappa shape index (κ1) is 17.1. The number of amides is 1. The summed E-state index contributed by atoms with van der Waals surface area (Å²) in [6, 6.07) is 14.9. The lowest BCUT2D eigenvalue weighted by Gasteiger charge is -2.37. The largest absolute Gasteiger partial charge is 0.493 e. The quantitative estimate of drug-likeness (QED) is 0.692. The Morgan fingerprint density at radius 1 is 1.07 bits per heavy atom. The summed E-state index contributed by atoms with van der Waals surface area (Å²) in [7, 11) is 3.07. The van der Waals surface area contributed by atoms with Crippen molar-refractivity contribution in [3.05, 3.63) is 60.0 Å². The van der Waals surface area contributed by atoms with E-state index in [-0.39, 0.29) is 11.8 Å². The molecule has 7 heteroatoms. The zero-order valence-corrected chi connectivity index (χ0v) is 15.1. The average molecular weight is 365 g/mol. The van der Waals surface area contributed by atoms with Gasteiger partial charge in [-0.3, -0.25) is 4.79 Å². The highest BCUT2D eigenvalue weighted by Gasteiger charge is 2.37. The average Bonchev–Trinajstić information content (AvgIpc) is 3.16. The molecular weight excluding hydrogens is 346 g/mol. The number of likely N-dealkylation sites (tertiary alicyclic amines) is 1. The van der Waals surface area contributed by atoms with Crippen molar-refractivity contribution in [2.75, 3.05) is 27.3 Å². The Morgan fingerprint density at radius 2 is 1.85 bits per heavy atom. The van der Waals surface area contributed by atoms with E-state index in [9.17, 15) is 4.79 Å². The van der Waals surface area contributed by atoms with Crippen molar-refractivity contribution in [2.24, 2.45) is 0 Å². The van der Waals surface area contributed by atoms with Gasteiger partial charge in [-0.15, -0.1) is 0 Å². The molecule has 2 aromatic carbocycles. The van der Waals surface area contributed by atoms with Crippen LogP contribution in [0.2, 0.25) is 0 Å². The van der Waals surface area contributed by atoms with Gasteiger partial charge in [0, 0.05) is 18.7 Å². The van der Waals surface area contributed by atoms with E-state index >= 15 is 0 Å². The molecule has 4 rings (SSSR count). The van der Waals surface area contributed by atoms with Gasteiger partial charge in [-0.05, 0) is 12.1 Å². The van der Waals surface area contributed by atoms with Crippen LogP contribution in [0.3, 0.4) is 0 Å². The van der Waals surface area contributed by atoms with E-state index in [0.717, 1.165) is 5.56 Å². The molecule has 0 unspecified atom stereocenters. The van der Waals surface area contributed by atoms with Crippen LogP contribution < -0.4 is 9.47 Å². The lowest BCUT2D eigenvalue weighted by molar-refractivity contribution is 0.0565. The van der Waals surface area contributed by atoms with Crippen LogP contribution in [0.5, 0.6) is 11.5 Å². The Hall–Kier alpha value is -3.35. The summed E-state index contributed by atoms with van der Waals surface area (Å²) in [5.74, 6) is 2.02. The fourth-order valence-electron chi connectivity index (χ4n) is 3.13. The molecule has 0 N–H and O–H groups in total. The molecule has 0 bridgehead atoms. The minimum atomic E-state index is -0.107. The van der Waals surface area contributed by atoms with Crippen LogP contribution in [0.15, 0.2) is 53.1 Å². The number of carbonyl (C=O) groups excluding carboxylic acids is 1. The third-order valence-electron chi connectivity index (χ3n) is 4.63. The number of methoxy groups -OCH3 is 2. The molecule has 27 heavy (non-hydrogen) atoms. The van der Waals surface area contributed by atoms with Crippen LogP contribution in [0.1, 0.15) is 22.2 Å². The first-order valence-electron chi connectivity index (χ1n) is 8.60. The molecule has 1 fully saturated rings. The third kappa shape index (κ3) is 3.12. The smallest absolute Gasteiger partial charge is 0.257 e. The van der Waals surface area contributed by atoms with Gasteiger partial charge in [-0.1, -0.05) is 41.6 Å². The summed E-state index contributed by atoms with van der Waals surface area (Å²) < 4.78 is 16.0. The van der Waals surface area contributed by atoms with Crippen molar-refractivity contribution in [3.63, 3.8) is 0 Å². The fourth-order valence-corrected chi connectivity index (χ4v) is 3.13. The molecule has 7 nitrogen and oxygen atoms in total. The lowest BCUT2D eigenvalue weighted by atomic mass is 9.98. The summed E-state index contributed by atoms with van der Waals surface area (Å²) in [4.78, 5) is 19.0. The van der Waals surface area contributed by atoms with Gasteiger partial charge in [-0.2, -0.15) is 4.98 Å². The topological polar surface area (TPSA) is 77.7 Å². The van der Waals surface area contributed by atoms with E-state index in [2.05, 4.69) is 10.1 Å². The van der Waals surface area contributed by atoms with Crippen LogP contribution in [-0.2, 0) is 0 Å². The number of hydrogen-bond acceptors (Lipinski definition) is 6. The first-order chi connectivity index (χ1) is 13.2. The minimum Gasteiger partial charge on any atom is -0.493 e. The maximum atomic E-state index is 12.8. The molecule has 0 saturated carbocycles. The molecule has 0 aliphatic carbocycles. The number of benzene rings is 2. The number of aromatic nitrogens is 2. The summed E-state index contributed by atoms with van der Waals surface area (Å²) in [5, 5.41) is 4.04. The molecule has 0 radical (unpaired) electrons. The summed E-state index contributed by atoms with van der Waals surface area (Å²) in [6.45, 7) is 1.05. The molecule has 1 aliphatic heterocycles. The monoisotopic (exact) mass is 365 g/mol. The Morgan fingerprint density at radius 3 is 2.56 bits per heavy atom. The van der Waals surface area contributed by atoms with Crippen LogP contribution in [0.4, 0.5) is 0 Å². The van der Waals surface area contributed by atoms with Crippen LogP contribution >= 0.6 is 0 Å². The number of hydrogen-bond donors (Lipinski definition) is 0. The highest BCUT2D eigenvalue weighted by molar-refractivity contribution is 5.98. The first-order valence-corrected chi connectivity index (χ1v) is 8.60. The van der Waals surface area contributed by atoms with Crippen molar-refractivity contribution in [3.8, 4) is 22.9 Å². The van der Waals surface area contributed by atoms with E-state index in [4.69, 9.17) is 14.0 Å². The normalized spacial score (nSPS) is 13.9. The maximum Gasteiger partial charge on any atom is 0.257 e. The van der Waals surface area contributed by atoms with Crippen molar-refractivity contribution >= 4 is 5.91 Å². The minimum absolute atomic E-state index is 0.0375. The van der Waals surface area contributed by atoms with E-state index < -0.39 is 0 Å². The predicted molar refractivity (Wildman–Crippen MR) is 97.9 cm³/mol. The zero-order valence-electron chi connectivity index (χ0n) is 15.1. The highest BCUT2D eigenvalue weighted by Crippen LogP contribution is 2.34. The van der Waals surface area contributed by atoms with E-state index in [0.29, 0.717) is 41.9 Å².